The van der Waals surface area contributed by atoms with Gasteiger partial charge in [0.15, 0.2) is 5.58 Å². The van der Waals surface area contributed by atoms with Gasteiger partial charge < -0.3 is 23.5 Å². The molecule has 1 unspecified atom stereocenters. The van der Waals surface area contributed by atoms with Crippen molar-refractivity contribution in [2.24, 2.45) is 0 Å². The van der Waals surface area contributed by atoms with Gasteiger partial charge >= 0.3 is 0 Å². The summed E-state index contributed by atoms with van der Waals surface area (Å²) in [5.74, 6) is 0.264. The first-order valence-electron chi connectivity index (χ1n) is 36.1. The van der Waals surface area contributed by atoms with Gasteiger partial charge in [-0.25, -0.2) is 0 Å². The van der Waals surface area contributed by atoms with Gasteiger partial charge in [0.25, 0.3) is 0 Å². The molecule has 1 atom stereocenters. The van der Waals surface area contributed by atoms with E-state index in [9.17, 15) is 0 Å². The van der Waals surface area contributed by atoms with Crippen molar-refractivity contribution in [3.8, 4) is 44.5 Å². The molecule has 0 saturated carbocycles. The van der Waals surface area contributed by atoms with Crippen LogP contribution in [-0.4, -0.2) is 12.6 Å². The van der Waals surface area contributed by atoms with E-state index in [0.29, 0.717) is 6.54 Å². The molecule has 2 aromatic heterocycles. The fourth-order valence-electron chi connectivity index (χ4n) is 16.7. The van der Waals surface area contributed by atoms with E-state index in [4.69, 9.17) is 8.83 Å². The lowest BCUT2D eigenvalue weighted by Gasteiger charge is -2.36. The molecule has 0 fully saturated rings. The maximum atomic E-state index is 7.89. The lowest BCUT2D eigenvalue weighted by molar-refractivity contribution is 0.668. The number of rotatable bonds is 12. The fraction of sp³-hybridized carbons (Fsp3) is 0.0505. The average Bonchev–Trinajstić information content (AvgIpc) is 1.36. The fourth-order valence-corrected chi connectivity index (χ4v) is 16.7. The number of anilines is 5. The molecule has 0 amide bonds. The third-order valence-electron chi connectivity index (χ3n) is 21.6. The van der Waals surface area contributed by atoms with E-state index in [-0.39, 0.29) is 12.0 Å². The third kappa shape index (κ3) is 10.1. The SMILES string of the molecule is CC(C)c1ccc2c(c1)oc1c2c(-c2ccc(-c3ccccc3)cc2)cc2c(N(c3ccccc3)c3ccc4c(-c5ccccc5)cccc4c3)c(-c3ccccc3)c3cc(N4C=C(c5ccccc5)C=CC4)c4oc5cc(N6C=c7ccccc7=C7C(c8ccccc8)=CC=CC76)ccc5c4c3c21. The van der Waals surface area contributed by atoms with Gasteiger partial charge in [0.1, 0.15) is 16.7 Å². The predicted octanol–water partition coefficient (Wildman–Crippen LogP) is 25.1. The molecule has 0 N–H and O–H groups in total. The second-order valence-electron chi connectivity index (χ2n) is 28.0. The summed E-state index contributed by atoms with van der Waals surface area (Å²) >= 11 is 0. The zero-order valence-corrected chi connectivity index (χ0v) is 57.6. The van der Waals surface area contributed by atoms with Crippen LogP contribution >= 0.6 is 0 Å². The Kier molecular flexibility index (Phi) is 14.5. The maximum absolute atomic E-state index is 7.89. The van der Waals surface area contributed by atoms with Crippen molar-refractivity contribution in [2.45, 2.75) is 25.8 Å². The molecule has 0 bridgehead atoms. The summed E-state index contributed by atoms with van der Waals surface area (Å²) < 4.78 is 15.7. The highest BCUT2D eigenvalue weighted by molar-refractivity contribution is 6.40. The molecule has 20 rings (SSSR count). The monoisotopic (exact) mass is 1330 g/mol. The zero-order valence-electron chi connectivity index (χ0n) is 57.6. The molecule has 0 saturated heterocycles. The van der Waals surface area contributed by atoms with Crippen molar-refractivity contribution in [1.29, 1.82) is 0 Å². The lowest BCUT2D eigenvalue weighted by Crippen LogP contribution is -2.45. The number of benzene rings is 15. The van der Waals surface area contributed by atoms with Crippen LogP contribution in [-0.2, 0) is 0 Å². The van der Waals surface area contributed by atoms with Crippen LogP contribution in [0.25, 0.3) is 144 Å². The highest BCUT2D eigenvalue weighted by atomic mass is 16.3. The number of nitrogens with zero attached hydrogens (tertiary/aromatic N) is 3. The third-order valence-corrected chi connectivity index (χ3v) is 21.6. The number of allylic oxidation sites excluding steroid dienone is 4. The molecule has 15 aromatic carbocycles. The predicted molar refractivity (Wildman–Crippen MR) is 438 cm³/mol. The summed E-state index contributed by atoms with van der Waals surface area (Å²) in [7, 11) is 0. The van der Waals surface area contributed by atoms with Gasteiger partial charge in [0, 0.05) is 85.3 Å². The van der Waals surface area contributed by atoms with Crippen molar-refractivity contribution in [3.63, 3.8) is 0 Å². The Morgan fingerprint density at radius 1 is 0.423 bits per heavy atom. The van der Waals surface area contributed by atoms with Crippen molar-refractivity contribution in [2.75, 3.05) is 21.2 Å². The van der Waals surface area contributed by atoms with Gasteiger partial charge in [-0.15, -0.1) is 0 Å². The molecule has 0 radical (unpaired) electrons. The van der Waals surface area contributed by atoms with Gasteiger partial charge in [-0.05, 0) is 159 Å². The summed E-state index contributed by atoms with van der Waals surface area (Å²) in [5, 5.41) is 13.0. The molecule has 0 spiro atoms. The van der Waals surface area contributed by atoms with Crippen LogP contribution in [0.3, 0.4) is 0 Å². The highest BCUT2D eigenvalue weighted by Gasteiger charge is 2.34. The largest absolute Gasteiger partial charge is 0.455 e. The summed E-state index contributed by atoms with van der Waals surface area (Å²) in [6, 6.07) is 116. The molecule has 104 heavy (non-hydrogen) atoms. The number of hydrogen-bond donors (Lipinski definition) is 0. The van der Waals surface area contributed by atoms with E-state index in [2.05, 4.69) is 387 Å². The van der Waals surface area contributed by atoms with Gasteiger partial charge in [-0.2, -0.15) is 0 Å². The minimum absolute atomic E-state index is 0.0943. The summed E-state index contributed by atoms with van der Waals surface area (Å²) in [4.78, 5) is 7.38. The molecule has 3 aliphatic rings. The molecule has 492 valence electrons. The standard InChI is InChI=1S/C99H69N3O2/c1-63(2)71-49-52-82-89(57-71)104-99-93(82)84(69-47-45-66(46-48-69)64-26-9-3-10-27-64)59-86-96(99)94-85(91(70-34-17-7-18-35-70)97(86)102(75-39-19-8-20-40-75)77-51-53-79-72(56-77)37-23-42-78(79)67-30-13-5-14-31-67)60-88(100-55-25-38-73(61-100)65-28-11-4-12-29-65)98-95(94)83-54-50-76(58-90(83)103-98)101-62-74-36-21-22-41-81(74)92-80(43-24-44-87(92)101)68-32-15-6-16-33-68/h3-54,56-63,87H,55H2,1-2H3. The molecule has 17 aromatic rings. The summed E-state index contributed by atoms with van der Waals surface area (Å²) in [6.45, 7) is 5.14. The van der Waals surface area contributed by atoms with E-state index < -0.39 is 0 Å². The maximum Gasteiger partial charge on any atom is 0.159 e. The van der Waals surface area contributed by atoms with Crippen molar-refractivity contribution < 1.29 is 8.83 Å². The number of para-hydroxylation sites is 1. The second-order valence-corrected chi connectivity index (χ2v) is 28.0. The lowest BCUT2D eigenvalue weighted by atomic mass is 9.84. The van der Waals surface area contributed by atoms with E-state index in [0.717, 1.165) is 143 Å². The Bertz CT molecular complexity index is 6570. The number of furan rings is 2. The quantitative estimate of drug-likeness (QED) is 0.114. The van der Waals surface area contributed by atoms with Crippen LogP contribution in [0, 0.1) is 0 Å². The topological polar surface area (TPSA) is 36.0 Å². The molecule has 2 aliphatic heterocycles. The van der Waals surface area contributed by atoms with E-state index >= 15 is 0 Å². The second kappa shape index (κ2) is 24.8. The molecule has 5 nitrogen and oxygen atoms in total. The van der Waals surface area contributed by atoms with Crippen LogP contribution < -0.4 is 25.1 Å². The van der Waals surface area contributed by atoms with Crippen LogP contribution in [0.2, 0.25) is 0 Å². The molecule has 1 aliphatic carbocycles. The summed E-state index contributed by atoms with van der Waals surface area (Å²) in [5.41, 5.74) is 24.4. The van der Waals surface area contributed by atoms with Crippen LogP contribution in [0.15, 0.2) is 361 Å². The first kappa shape index (κ1) is 60.7. The van der Waals surface area contributed by atoms with Gasteiger partial charge in [0.05, 0.1) is 17.4 Å². The Morgan fingerprint density at radius 3 is 1.78 bits per heavy atom. The Balaban J connectivity index is 0.950. The zero-order chi connectivity index (χ0) is 68.9. The van der Waals surface area contributed by atoms with E-state index in [1.807, 2.05) is 0 Å². The first-order valence-corrected chi connectivity index (χ1v) is 36.1. The minimum atomic E-state index is -0.0943. The minimum Gasteiger partial charge on any atom is -0.455 e. The molecule has 4 heterocycles. The number of hydrogen-bond acceptors (Lipinski definition) is 5. The normalized spacial score (nSPS) is 14.3. The summed E-state index contributed by atoms with van der Waals surface area (Å²) in [6.07, 6.45) is 16.0. The highest BCUT2D eigenvalue weighted by Crippen LogP contribution is 2.58. The Hall–Kier alpha value is -13.2. The first-order chi connectivity index (χ1) is 51.4. The van der Waals surface area contributed by atoms with Gasteiger partial charge in [-0.1, -0.05) is 299 Å². The molecular weight excluding hydrogens is 1260 g/mol. The average molecular weight is 1330 g/mol. The van der Waals surface area contributed by atoms with Crippen molar-refractivity contribution in [1.82, 2.24) is 0 Å². The smallest absolute Gasteiger partial charge is 0.159 e. The van der Waals surface area contributed by atoms with Crippen molar-refractivity contribution >= 4 is 128 Å². The van der Waals surface area contributed by atoms with Crippen LogP contribution in [0.5, 0.6) is 0 Å². The van der Waals surface area contributed by atoms with E-state index in [1.54, 1.807) is 0 Å². The van der Waals surface area contributed by atoms with Crippen molar-refractivity contribution in [3.05, 3.63) is 379 Å². The Morgan fingerprint density at radius 2 is 1.03 bits per heavy atom. The van der Waals surface area contributed by atoms with E-state index in [1.165, 1.54) is 49.6 Å². The molecular formula is C99H69N3O2. The van der Waals surface area contributed by atoms with Crippen LogP contribution in [0.1, 0.15) is 36.5 Å². The molecule has 5 heteroatoms. The van der Waals surface area contributed by atoms with Crippen LogP contribution in [0.4, 0.5) is 28.4 Å². The van der Waals surface area contributed by atoms with Gasteiger partial charge in [0.2, 0.25) is 0 Å². The Labute approximate surface area is 603 Å². The number of fused-ring (bicyclic) bond motifs is 14. The van der Waals surface area contributed by atoms with Gasteiger partial charge in [-0.3, -0.25) is 0 Å².